The van der Waals surface area contributed by atoms with Gasteiger partial charge in [0.2, 0.25) is 0 Å². The second-order valence-corrected chi connectivity index (χ2v) is 11.8. The molecule has 158 valence electrons. The van der Waals surface area contributed by atoms with Gasteiger partial charge in [-0.25, -0.2) is 0 Å². The smallest absolute Gasteiger partial charge is 0.155 e. The summed E-state index contributed by atoms with van der Waals surface area (Å²) >= 11 is 0. The van der Waals surface area contributed by atoms with Gasteiger partial charge in [-0.2, -0.15) is 0 Å². The SMILES string of the molecule is CC(=O)[C@@]12CC(C)=C(C)C[C@@H]1C[C@H]1[C@H]3CCC4=CC(=O)CC[C@@]4(C)[C@@H]3CC[C@@]12C. The van der Waals surface area contributed by atoms with Crippen LogP contribution in [0.4, 0.5) is 0 Å². The van der Waals surface area contributed by atoms with Crippen LogP contribution < -0.4 is 0 Å². The van der Waals surface area contributed by atoms with E-state index in [1.807, 2.05) is 13.0 Å². The molecule has 0 aromatic rings. The molecular formula is C27H38O2. The molecule has 0 unspecified atom stereocenters. The van der Waals surface area contributed by atoms with Crippen LogP contribution in [0.25, 0.3) is 0 Å². The molecule has 2 heteroatoms. The minimum absolute atomic E-state index is 0.133. The molecule has 2 nitrogen and oxygen atoms in total. The van der Waals surface area contributed by atoms with Crippen molar-refractivity contribution in [3.05, 3.63) is 22.8 Å². The van der Waals surface area contributed by atoms with Gasteiger partial charge < -0.3 is 0 Å². The summed E-state index contributed by atoms with van der Waals surface area (Å²) in [5.74, 6) is 3.44. The Balaban J connectivity index is 1.56. The molecule has 3 saturated carbocycles. The van der Waals surface area contributed by atoms with Gasteiger partial charge >= 0.3 is 0 Å². The zero-order valence-corrected chi connectivity index (χ0v) is 19.1. The van der Waals surface area contributed by atoms with E-state index in [1.165, 1.54) is 42.4 Å². The summed E-state index contributed by atoms with van der Waals surface area (Å²) in [7, 11) is 0. The van der Waals surface area contributed by atoms with Gasteiger partial charge in [-0.3, -0.25) is 9.59 Å². The van der Waals surface area contributed by atoms with Gasteiger partial charge in [0.25, 0.3) is 0 Å². The highest BCUT2D eigenvalue weighted by atomic mass is 16.1. The Labute approximate surface area is 176 Å². The maximum absolute atomic E-state index is 13.3. The van der Waals surface area contributed by atoms with E-state index in [4.69, 9.17) is 0 Å². The molecule has 0 N–H and O–H groups in total. The number of Topliss-reactive ketones (excluding diaryl/α,β-unsaturated/α-hetero) is 1. The first-order valence-electron chi connectivity index (χ1n) is 12.0. The molecule has 0 heterocycles. The van der Waals surface area contributed by atoms with E-state index in [0.29, 0.717) is 29.3 Å². The predicted molar refractivity (Wildman–Crippen MR) is 116 cm³/mol. The second-order valence-electron chi connectivity index (χ2n) is 11.8. The zero-order chi connectivity index (χ0) is 20.8. The first-order valence-corrected chi connectivity index (χ1v) is 12.0. The minimum Gasteiger partial charge on any atom is -0.299 e. The van der Waals surface area contributed by atoms with Crippen LogP contribution in [0.1, 0.15) is 92.4 Å². The van der Waals surface area contributed by atoms with Crippen LogP contribution in [-0.4, -0.2) is 11.6 Å². The Bertz CT molecular complexity index is 847. The van der Waals surface area contributed by atoms with Crippen LogP contribution in [-0.2, 0) is 9.59 Å². The van der Waals surface area contributed by atoms with Gasteiger partial charge in [-0.05, 0) is 113 Å². The lowest BCUT2D eigenvalue weighted by Gasteiger charge is -2.60. The molecule has 0 amide bonds. The van der Waals surface area contributed by atoms with Crippen molar-refractivity contribution >= 4 is 11.6 Å². The maximum Gasteiger partial charge on any atom is 0.155 e. The monoisotopic (exact) mass is 394 g/mol. The van der Waals surface area contributed by atoms with Crippen molar-refractivity contribution in [2.75, 3.05) is 0 Å². The van der Waals surface area contributed by atoms with Gasteiger partial charge in [0, 0.05) is 11.8 Å². The number of rotatable bonds is 1. The van der Waals surface area contributed by atoms with Crippen molar-refractivity contribution in [3.8, 4) is 0 Å². The van der Waals surface area contributed by atoms with Gasteiger partial charge in [0.15, 0.2) is 5.78 Å². The Hall–Kier alpha value is -1.18. The van der Waals surface area contributed by atoms with E-state index in [-0.39, 0.29) is 16.2 Å². The largest absolute Gasteiger partial charge is 0.299 e. The minimum atomic E-state index is -0.133. The van der Waals surface area contributed by atoms with Gasteiger partial charge in [-0.15, -0.1) is 0 Å². The number of fused-ring (bicyclic) bond motifs is 7. The zero-order valence-electron chi connectivity index (χ0n) is 19.1. The first kappa shape index (κ1) is 19.8. The third kappa shape index (κ3) is 2.35. The molecule has 7 atom stereocenters. The van der Waals surface area contributed by atoms with E-state index in [1.54, 1.807) is 0 Å². The summed E-state index contributed by atoms with van der Waals surface area (Å²) < 4.78 is 0. The summed E-state index contributed by atoms with van der Waals surface area (Å²) in [5, 5.41) is 0. The molecule has 29 heavy (non-hydrogen) atoms. The number of hydrogen-bond donors (Lipinski definition) is 0. The number of ketones is 2. The lowest BCUT2D eigenvalue weighted by molar-refractivity contribution is -0.145. The third-order valence-corrected chi connectivity index (χ3v) is 11.1. The predicted octanol–water partition coefficient (Wildman–Crippen LogP) is 6.45. The molecule has 0 radical (unpaired) electrons. The van der Waals surface area contributed by atoms with Crippen molar-refractivity contribution in [2.24, 2.45) is 39.9 Å². The standard InChI is InChI=1S/C27H38O2/c1-16-12-20-14-24-22-7-6-19-13-21(29)8-10-25(19,4)23(22)9-11-26(24,5)27(20,18(3)28)15-17(16)2/h13,20,22-24H,6-12,14-15H2,1-5H3/t20-,22+,23-,24+,25-,26+,27+/m1/s1. The van der Waals surface area contributed by atoms with Crippen molar-refractivity contribution in [1.82, 2.24) is 0 Å². The van der Waals surface area contributed by atoms with Crippen molar-refractivity contribution in [1.29, 1.82) is 0 Å². The Kier molecular flexibility index (Phi) is 4.21. The Morgan fingerprint density at radius 1 is 1.03 bits per heavy atom. The van der Waals surface area contributed by atoms with Gasteiger partial charge in [0.05, 0.1) is 0 Å². The highest BCUT2D eigenvalue weighted by Crippen LogP contribution is 2.74. The maximum atomic E-state index is 13.3. The topological polar surface area (TPSA) is 34.1 Å². The van der Waals surface area contributed by atoms with Crippen molar-refractivity contribution in [2.45, 2.75) is 92.4 Å². The molecule has 0 saturated heterocycles. The highest BCUT2D eigenvalue weighted by Gasteiger charge is 2.69. The normalized spacial score (nSPS) is 49.0. The highest BCUT2D eigenvalue weighted by molar-refractivity contribution is 5.91. The van der Waals surface area contributed by atoms with Crippen molar-refractivity contribution < 1.29 is 9.59 Å². The first-order chi connectivity index (χ1) is 13.6. The molecule has 0 aromatic carbocycles. The molecule has 0 aliphatic heterocycles. The summed E-state index contributed by atoms with van der Waals surface area (Å²) in [4.78, 5) is 25.4. The molecule has 5 aliphatic rings. The summed E-state index contributed by atoms with van der Waals surface area (Å²) in [6, 6.07) is 0. The summed E-state index contributed by atoms with van der Waals surface area (Å²) in [6.45, 7) is 11.4. The fraction of sp³-hybridized carbons (Fsp3) is 0.778. The molecule has 0 aromatic heterocycles. The van der Waals surface area contributed by atoms with Gasteiger partial charge in [0.1, 0.15) is 5.78 Å². The number of hydrogen-bond acceptors (Lipinski definition) is 2. The fourth-order valence-corrected chi connectivity index (χ4v) is 9.37. The second kappa shape index (κ2) is 6.17. The average molecular weight is 395 g/mol. The van der Waals surface area contributed by atoms with Crippen LogP contribution in [0, 0.1) is 39.9 Å². The fourth-order valence-electron chi connectivity index (χ4n) is 9.37. The van der Waals surface area contributed by atoms with Crippen LogP contribution in [0.2, 0.25) is 0 Å². The van der Waals surface area contributed by atoms with E-state index in [9.17, 15) is 9.59 Å². The Morgan fingerprint density at radius 2 is 1.79 bits per heavy atom. The Morgan fingerprint density at radius 3 is 2.52 bits per heavy atom. The summed E-state index contributed by atoms with van der Waals surface area (Å²) in [6.07, 6.45) is 11.9. The van der Waals surface area contributed by atoms with E-state index < -0.39 is 0 Å². The van der Waals surface area contributed by atoms with E-state index >= 15 is 0 Å². The lowest BCUT2D eigenvalue weighted by atomic mass is 9.43. The number of allylic oxidation sites excluding steroid dienone is 3. The van der Waals surface area contributed by atoms with Crippen LogP contribution >= 0.6 is 0 Å². The van der Waals surface area contributed by atoms with Crippen LogP contribution in [0.15, 0.2) is 22.8 Å². The summed E-state index contributed by atoms with van der Waals surface area (Å²) in [5.41, 5.74) is 4.70. The number of carbonyl (C=O) groups is 2. The van der Waals surface area contributed by atoms with E-state index in [2.05, 4.69) is 27.7 Å². The van der Waals surface area contributed by atoms with Crippen LogP contribution in [0.3, 0.4) is 0 Å². The van der Waals surface area contributed by atoms with Crippen LogP contribution in [0.5, 0.6) is 0 Å². The molecule has 3 fully saturated rings. The lowest BCUT2D eigenvalue weighted by Crippen LogP contribution is -2.55. The molecule has 5 aliphatic carbocycles. The van der Waals surface area contributed by atoms with Crippen molar-refractivity contribution in [3.63, 3.8) is 0 Å². The third-order valence-electron chi connectivity index (χ3n) is 11.1. The van der Waals surface area contributed by atoms with E-state index in [0.717, 1.165) is 38.0 Å². The molecule has 5 rings (SSSR count). The quantitative estimate of drug-likeness (QED) is 0.479. The average Bonchev–Trinajstić information content (AvgIpc) is 2.92. The van der Waals surface area contributed by atoms with Gasteiger partial charge in [-0.1, -0.05) is 30.6 Å². The molecule has 0 spiro atoms. The molecule has 0 bridgehead atoms. The number of carbonyl (C=O) groups excluding carboxylic acids is 2. The molecular weight excluding hydrogens is 356 g/mol.